The Balaban J connectivity index is 1.56. The van der Waals surface area contributed by atoms with Crippen molar-refractivity contribution >= 4 is 28.4 Å². The first-order valence-electron chi connectivity index (χ1n) is 8.07. The van der Waals surface area contributed by atoms with Crippen LogP contribution in [0.5, 0.6) is 0 Å². The molecule has 0 aliphatic carbocycles. The maximum atomic E-state index is 12.1. The van der Waals surface area contributed by atoms with Crippen molar-refractivity contribution in [2.45, 2.75) is 19.9 Å². The maximum absolute atomic E-state index is 12.1. The van der Waals surface area contributed by atoms with E-state index in [9.17, 15) is 9.59 Å². The Bertz CT molecular complexity index is 899. The number of hydrogen-bond donors (Lipinski definition) is 2. The third-order valence-electron chi connectivity index (χ3n) is 3.84. The predicted molar refractivity (Wildman–Crippen MR) is 98.0 cm³/mol. The molecule has 0 radical (unpaired) electrons. The van der Waals surface area contributed by atoms with Gasteiger partial charge in [-0.15, -0.1) is 0 Å². The Morgan fingerprint density at radius 1 is 0.960 bits per heavy atom. The van der Waals surface area contributed by atoms with Crippen molar-refractivity contribution in [1.29, 1.82) is 0 Å². The first-order valence-corrected chi connectivity index (χ1v) is 8.07. The number of benzene rings is 2. The molecular formula is C20H19N3O2. The quantitative estimate of drug-likeness (QED) is 0.705. The third kappa shape index (κ3) is 4.41. The lowest BCUT2D eigenvalue weighted by molar-refractivity contribution is -0.126. The van der Waals surface area contributed by atoms with Gasteiger partial charge in [-0.05, 0) is 24.6 Å². The monoisotopic (exact) mass is 333 g/mol. The molecule has 0 spiro atoms. The highest BCUT2D eigenvalue weighted by atomic mass is 16.2. The van der Waals surface area contributed by atoms with Crippen LogP contribution in [0.1, 0.15) is 17.5 Å². The van der Waals surface area contributed by atoms with Crippen LogP contribution in [0.4, 0.5) is 5.69 Å². The summed E-state index contributed by atoms with van der Waals surface area (Å²) in [5.41, 5.74) is 3.48. The molecule has 0 saturated carbocycles. The van der Waals surface area contributed by atoms with Gasteiger partial charge in [-0.25, -0.2) is 0 Å². The molecule has 2 amide bonds. The normalized spacial score (nSPS) is 10.4. The average Bonchev–Trinajstić information content (AvgIpc) is 2.61. The van der Waals surface area contributed by atoms with Crippen LogP contribution in [0.15, 0.2) is 60.8 Å². The van der Waals surface area contributed by atoms with Crippen molar-refractivity contribution in [3.8, 4) is 0 Å². The summed E-state index contributed by atoms with van der Waals surface area (Å²) in [4.78, 5) is 28.4. The molecule has 5 nitrogen and oxygen atoms in total. The van der Waals surface area contributed by atoms with Gasteiger partial charge < -0.3 is 10.6 Å². The van der Waals surface area contributed by atoms with Crippen LogP contribution in [0.25, 0.3) is 10.9 Å². The number of pyridine rings is 1. The summed E-state index contributed by atoms with van der Waals surface area (Å²) < 4.78 is 0. The molecule has 0 fully saturated rings. The SMILES string of the molecule is Cc1ccc(CNC(=O)CC(=O)Nc2cccc3cccnc23)cc1. The number of hydrogen-bond acceptors (Lipinski definition) is 3. The molecule has 3 aromatic rings. The largest absolute Gasteiger partial charge is 0.352 e. The highest BCUT2D eigenvalue weighted by Crippen LogP contribution is 2.20. The highest BCUT2D eigenvalue weighted by molar-refractivity contribution is 6.06. The molecule has 0 unspecified atom stereocenters. The van der Waals surface area contributed by atoms with Gasteiger partial charge in [0.15, 0.2) is 0 Å². The van der Waals surface area contributed by atoms with Crippen LogP contribution >= 0.6 is 0 Å². The second-order valence-electron chi connectivity index (χ2n) is 5.87. The molecular weight excluding hydrogens is 314 g/mol. The lowest BCUT2D eigenvalue weighted by atomic mass is 10.1. The highest BCUT2D eigenvalue weighted by Gasteiger charge is 2.11. The summed E-state index contributed by atoms with van der Waals surface area (Å²) in [5, 5.41) is 6.45. The van der Waals surface area contributed by atoms with Crippen LogP contribution in [0.2, 0.25) is 0 Å². The second kappa shape index (κ2) is 7.57. The van der Waals surface area contributed by atoms with Crippen molar-refractivity contribution in [1.82, 2.24) is 10.3 Å². The van der Waals surface area contributed by atoms with Gasteiger partial charge in [0.25, 0.3) is 0 Å². The number of nitrogens with zero attached hydrogens (tertiary/aromatic N) is 1. The van der Waals surface area contributed by atoms with E-state index >= 15 is 0 Å². The minimum atomic E-state index is -0.362. The molecule has 0 aliphatic heterocycles. The molecule has 126 valence electrons. The van der Waals surface area contributed by atoms with E-state index in [1.165, 1.54) is 0 Å². The van der Waals surface area contributed by atoms with Gasteiger partial charge in [-0.1, -0.05) is 48.0 Å². The summed E-state index contributed by atoms with van der Waals surface area (Å²) in [6.45, 7) is 2.41. The van der Waals surface area contributed by atoms with E-state index in [1.807, 2.05) is 55.5 Å². The predicted octanol–water partition coefficient (Wildman–Crippen LogP) is 3.19. The van der Waals surface area contributed by atoms with E-state index < -0.39 is 0 Å². The summed E-state index contributed by atoms with van der Waals surface area (Å²) in [7, 11) is 0. The van der Waals surface area contributed by atoms with Gasteiger partial charge in [0.05, 0.1) is 11.2 Å². The molecule has 25 heavy (non-hydrogen) atoms. The molecule has 5 heteroatoms. The molecule has 2 aromatic carbocycles. The van der Waals surface area contributed by atoms with Crippen molar-refractivity contribution in [2.75, 3.05) is 5.32 Å². The van der Waals surface area contributed by atoms with Crippen molar-refractivity contribution < 1.29 is 9.59 Å². The van der Waals surface area contributed by atoms with Crippen LogP contribution in [-0.2, 0) is 16.1 Å². The number of anilines is 1. The lowest BCUT2D eigenvalue weighted by Gasteiger charge is -2.09. The zero-order valence-corrected chi connectivity index (χ0v) is 14.0. The minimum Gasteiger partial charge on any atom is -0.352 e. The third-order valence-corrected chi connectivity index (χ3v) is 3.84. The molecule has 1 heterocycles. The van der Waals surface area contributed by atoms with E-state index in [4.69, 9.17) is 0 Å². The number of fused-ring (bicyclic) bond motifs is 1. The Kier molecular flexibility index (Phi) is 5.04. The van der Waals surface area contributed by atoms with Gasteiger partial charge in [0.2, 0.25) is 11.8 Å². The fourth-order valence-electron chi connectivity index (χ4n) is 2.51. The van der Waals surface area contributed by atoms with Gasteiger partial charge in [0, 0.05) is 18.1 Å². The smallest absolute Gasteiger partial charge is 0.233 e. The fraction of sp³-hybridized carbons (Fsp3) is 0.150. The maximum Gasteiger partial charge on any atom is 0.233 e. The average molecular weight is 333 g/mol. The zero-order chi connectivity index (χ0) is 17.6. The van der Waals surface area contributed by atoms with Gasteiger partial charge in [0.1, 0.15) is 6.42 Å². The Morgan fingerprint density at radius 2 is 1.72 bits per heavy atom. The van der Waals surface area contributed by atoms with Gasteiger partial charge in [-0.2, -0.15) is 0 Å². The van der Waals surface area contributed by atoms with Crippen LogP contribution in [0.3, 0.4) is 0 Å². The number of amides is 2. The Morgan fingerprint density at radius 3 is 2.52 bits per heavy atom. The number of rotatable bonds is 5. The minimum absolute atomic E-state index is 0.227. The molecule has 2 N–H and O–H groups in total. The first-order chi connectivity index (χ1) is 12.1. The second-order valence-corrected chi connectivity index (χ2v) is 5.87. The number of nitrogens with one attached hydrogen (secondary N) is 2. The Labute approximate surface area is 146 Å². The number of carbonyl (C=O) groups excluding carboxylic acids is 2. The molecule has 0 bridgehead atoms. The summed E-state index contributed by atoms with van der Waals surface area (Å²) in [6.07, 6.45) is 1.45. The molecule has 3 rings (SSSR count). The lowest BCUT2D eigenvalue weighted by Crippen LogP contribution is -2.27. The number of aromatic nitrogens is 1. The topological polar surface area (TPSA) is 71.1 Å². The number of aryl methyl sites for hydroxylation is 1. The van der Waals surface area contributed by atoms with Crippen molar-refractivity contribution in [3.63, 3.8) is 0 Å². The van der Waals surface area contributed by atoms with Gasteiger partial charge in [-0.3, -0.25) is 14.6 Å². The van der Waals surface area contributed by atoms with Gasteiger partial charge >= 0.3 is 0 Å². The zero-order valence-electron chi connectivity index (χ0n) is 14.0. The Hall–Kier alpha value is -3.21. The van der Waals surface area contributed by atoms with E-state index in [0.717, 1.165) is 16.5 Å². The number of para-hydroxylation sites is 1. The van der Waals surface area contributed by atoms with Crippen molar-refractivity contribution in [2.24, 2.45) is 0 Å². The van der Waals surface area contributed by atoms with E-state index in [0.29, 0.717) is 17.7 Å². The standard InChI is InChI=1S/C20H19N3O2/c1-14-7-9-15(10-8-14)13-22-18(24)12-19(25)23-17-6-2-4-16-5-3-11-21-20(16)17/h2-11H,12-13H2,1H3,(H,22,24)(H,23,25). The molecule has 1 aromatic heterocycles. The summed E-state index contributed by atoms with van der Waals surface area (Å²) in [6, 6.07) is 17.2. The molecule has 0 atom stereocenters. The summed E-state index contributed by atoms with van der Waals surface area (Å²) in [5.74, 6) is -0.675. The fourth-order valence-corrected chi connectivity index (χ4v) is 2.51. The van der Waals surface area contributed by atoms with E-state index in [2.05, 4.69) is 15.6 Å². The molecule has 0 saturated heterocycles. The number of carbonyl (C=O) groups is 2. The van der Waals surface area contributed by atoms with E-state index in [1.54, 1.807) is 12.3 Å². The van der Waals surface area contributed by atoms with Crippen LogP contribution < -0.4 is 10.6 Å². The first kappa shape index (κ1) is 16.6. The van der Waals surface area contributed by atoms with E-state index in [-0.39, 0.29) is 18.2 Å². The molecule has 0 aliphatic rings. The van der Waals surface area contributed by atoms with Crippen LogP contribution in [-0.4, -0.2) is 16.8 Å². The summed E-state index contributed by atoms with van der Waals surface area (Å²) >= 11 is 0. The van der Waals surface area contributed by atoms with Crippen molar-refractivity contribution in [3.05, 3.63) is 71.9 Å². The van der Waals surface area contributed by atoms with Crippen LogP contribution in [0, 0.1) is 6.92 Å².